The van der Waals surface area contributed by atoms with Gasteiger partial charge in [0.15, 0.2) is 0 Å². The molecule has 2 nitrogen and oxygen atoms in total. The molecular formula is C15H24O2. The van der Waals surface area contributed by atoms with Crippen LogP contribution in [0.5, 0.6) is 0 Å². The zero-order chi connectivity index (χ0) is 13.0. The molecule has 0 fully saturated rings. The maximum Gasteiger partial charge on any atom is 0.105 e. The highest BCUT2D eigenvalue weighted by atomic mass is 16.3. The van der Waals surface area contributed by atoms with E-state index >= 15 is 0 Å². The first-order valence-corrected chi connectivity index (χ1v) is 6.36. The predicted molar refractivity (Wildman–Crippen MR) is 70.8 cm³/mol. The molecule has 0 aliphatic rings. The maximum atomic E-state index is 10.1. The second kappa shape index (κ2) is 6.18. The molecule has 2 N–H and O–H groups in total. The first kappa shape index (κ1) is 14.2. The van der Waals surface area contributed by atoms with E-state index in [9.17, 15) is 10.2 Å². The van der Waals surface area contributed by atoms with Crippen LogP contribution in [0.4, 0.5) is 0 Å². The largest absolute Gasteiger partial charge is 0.390 e. The van der Waals surface area contributed by atoms with Crippen molar-refractivity contribution < 1.29 is 10.2 Å². The molecule has 0 bridgehead atoms. The summed E-state index contributed by atoms with van der Waals surface area (Å²) in [7, 11) is 0. The van der Waals surface area contributed by atoms with E-state index in [0.29, 0.717) is 5.92 Å². The molecule has 96 valence electrons. The van der Waals surface area contributed by atoms with Gasteiger partial charge in [0.2, 0.25) is 0 Å². The van der Waals surface area contributed by atoms with Crippen molar-refractivity contribution in [2.75, 3.05) is 0 Å². The summed E-state index contributed by atoms with van der Waals surface area (Å²) in [6, 6.07) is 7.89. The minimum atomic E-state index is -0.790. The van der Waals surface area contributed by atoms with E-state index in [1.54, 1.807) is 0 Å². The van der Waals surface area contributed by atoms with Crippen molar-refractivity contribution in [2.45, 2.75) is 46.3 Å². The van der Waals surface area contributed by atoms with Crippen LogP contribution >= 0.6 is 0 Å². The van der Waals surface area contributed by atoms with Crippen LogP contribution in [0.25, 0.3) is 0 Å². The van der Waals surface area contributed by atoms with Gasteiger partial charge in [-0.25, -0.2) is 0 Å². The second-order valence-electron chi connectivity index (χ2n) is 5.52. The van der Waals surface area contributed by atoms with Gasteiger partial charge >= 0.3 is 0 Å². The third-order valence-corrected chi connectivity index (χ3v) is 2.94. The zero-order valence-corrected chi connectivity index (χ0v) is 11.2. The molecule has 2 unspecified atom stereocenters. The highest BCUT2D eigenvalue weighted by molar-refractivity contribution is 5.26. The molecule has 0 aliphatic carbocycles. The molecule has 1 rings (SSSR count). The Labute approximate surface area is 104 Å². The molecule has 1 aromatic rings. The SMILES string of the molecule is CC(C)Cc1cccc(C(O)C(O)C(C)C)c1. The van der Waals surface area contributed by atoms with Crippen LogP contribution in [-0.2, 0) is 6.42 Å². The van der Waals surface area contributed by atoms with Gasteiger partial charge < -0.3 is 10.2 Å². The van der Waals surface area contributed by atoms with E-state index in [1.165, 1.54) is 5.56 Å². The Bertz CT molecular complexity index is 345. The number of benzene rings is 1. The van der Waals surface area contributed by atoms with Gasteiger partial charge in [-0.2, -0.15) is 0 Å². The number of aliphatic hydroxyl groups is 2. The van der Waals surface area contributed by atoms with Crippen LogP contribution in [0.15, 0.2) is 24.3 Å². The van der Waals surface area contributed by atoms with E-state index < -0.39 is 12.2 Å². The summed E-state index contributed by atoms with van der Waals surface area (Å²) >= 11 is 0. The quantitative estimate of drug-likeness (QED) is 0.825. The molecule has 0 aromatic heterocycles. The lowest BCUT2D eigenvalue weighted by atomic mass is 9.93. The number of rotatable bonds is 5. The van der Waals surface area contributed by atoms with Gasteiger partial charge in [-0.15, -0.1) is 0 Å². The van der Waals surface area contributed by atoms with Crippen molar-refractivity contribution in [3.8, 4) is 0 Å². The smallest absolute Gasteiger partial charge is 0.105 e. The third kappa shape index (κ3) is 4.14. The van der Waals surface area contributed by atoms with E-state index in [0.717, 1.165) is 12.0 Å². The molecule has 0 amide bonds. The van der Waals surface area contributed by atoms with Crippen LogP contribution < -0.4 is 0 Å². The van der Waals surface area contributed by atoms with Crippen LogP contribution in [-0.4, -0.2) is 16.3 Å². The van der Waals surface area contributed by atoms with Gasteiger partial charge in [0.05, 0.1) is 6.10 Å². The summed E-state index contributed by atoms with van der Waals surface area (Å²) in [5.74, 6) is 0.649. The molecule has 0 radical (unpaired) electrons. The van der Waals surface area contributed by atoms with Crippen LogP contribution in [0.3, 0.4) is 0 Å². The minimum absolute atomic E-state index is 0.0544. The molecule has 0 saturated heterocycles. The second-order valence-corrected chi connectivity index (χ2v) is 5.52. The van der Waals surface area contributed by atoms with Crippen molar-refractivity contribution in [2.24, 2.45) is 11.8 Å². The molecular weight excluding hydrogens is 212 g/mol. The third-order valence-electron chi connectivity index (χ3n) is 2.94. The van der Waals surface area contributed by atoms with Gasteiger partial charge in [-0.1, -0.05) is 52.0 Å². The average Bonchev–Trinajstić information content (AvgIpc) is 2.26. The average molecular weight is 236 g/mol. The minimum Gasteiger partial charge on any atom is -0.390 e. The lowest BCUT2D eigenvalue weighted by Crippen LogP contribution is -2.24. The van der Waals surface area contributed by atoms with Gasteiger partial charge in [0.25, 0.3) is 0 Å². The van der Waals surface area contributed by atoms with Crippen LogP contribution in [0, 0.1) is 11.8 Å². The van der Waals surface area contributed by atoms with Crippen molar-refractivity contribution >= 4 is 0 Å². The highest BCUT2D eigenvalue weighted by Gasteiger charge is 2.21. The number of hydrogen-bond acceptors (Lipinski definition) is 2. The fraction of sp³-hybridized carbons (Fsp3) is 0.600. The number of aliphatic hydroxyl groups excluding tert-OH is 2. The van der Waals surface area contributed by atoms with E-state index in [-0.39, 0.29) is 5.92 Å². The lowest BCUT2D eigenvalue weighted by molar-refractivity contribution is -0.00943. The van der Waals surface area contributed by atoms with Gasteiger partial charge in [0, 0.05) is 0 Å². The Morgan fingerprint density at radius 3 is 2.24 bits per heavy atom. The van der Waals surface area contributed by atoms with Gasteiger partial charge in [-0.05, 0) is 29.4 Å². The summed E-state index contributed by atoms with van der Waals surface area (Å²) in [5.41, 5.74) is 2.02. The summed E-state index contributed by atoms with van der Waals surface area (Å²) in [5, 5.41) is 19.9. The van der Waals surface area contributed by atoms with Gasteiger partial charge in [-0.3, -0.25) is 0 Å². The topological polar surface area (TPSA) is 40.5 Å². The normalized spacial score (nSPS) is 15.3. The van der Waals surface area contributed by atoms with Crippen molar-refractivity contribution in [3.05, 3.63) is 35.4 Å². The van der Waals surface area contributed by atoms with E-state index in [2.05, 4.69) is 19.9 Å². The van der Waals surface area contributed by atoms with Crippen molar-refractivity contribution in [1.82, 2.24) is 0 Å². The Balaban J connectivity index is 2.83. The molecule has 1 aromatic carbocycles. The van der Waals surface area contributed by atoms with Crippen molar-refractivity contribution in [1.29, 1.82) is 0 Å². The summed E-state index contributed by atoms with van der Waals surface area (Å²) in [4.78, 5) is 0. The number of hydrogen-bond donors (Lipinski definition) is 2. The summed E-state index contributed by atoms with van der Waals surface area (Å²) in [6.45, 7) is 8.16. The fourth-order valence-corrected chi connectivity index (χ4v) is 1.94. The van der Waals surface area contributed by atoms with Crippen LogP contribution in [0.1, 0.15) is 44.9 Å². The van der Waals surface area contributed by atoms with Crippen LogP contribution in [0.2, 0.25) is 0 Å². The summed E-state index contributed by atoms with van der Waals surface area (Å²) in [6.07, 6.45) is -0.496. The Kier molecular flexibility index (Phi) is 5.16. The maximum absolute atomic E-state index is 10.1. The predicted octanol–water partition coefficient (Wildman–Crippen LogP) is 2.94. The molecule has 0 spiro atoms. The van der Waals surface area contributed by atoms with Gasteiger partial charge in [0.1, 0.15) is 6.10 Å². The Morgan fingerprint density at radius 2 is 1.71 bits per heavy atom. The fourth-order valence-electron chi connectivity index (χ4n) is 1.94. The Hall–Kier alpha value is -0.860. The molecule has 0 heterocycles. The zero-order valence-electron chi connectivity index (χ0n) is 11.2. The molecule has 2 atom stereocenters. The Morgan fingerprint density at radius 1 is 1.06 bits per heavy atom. The standard InChI is InChI=1S/C15H24O2/c1-10(2)8-12-6-5-7-13(9-12)15(17)14(16)11(3)4/h5-7,9-11,14-17H,8H2,1-4H3. The first-order chi connectivity index (χ1) is 7.91. The lowest BCUT2D eigenvalue weighted by Gasteiger charge is -2.22. The molecule has 0 aliphatic heterocycles. The van der Waals surface area contributed by atoms with E-state index in [1.807, 2.05) is 32.0 Å². The molecule has 2 heteroatoms. The van der Waals surface area contributed by atoms with E-state index in [4.69, 9.17) is 0 Å². The highest BCUT2D eigenvalue weighted by Crippen LogP contribution is 2.23. The molecule has 0 saturated carbocycles. The monoisotopic (exact) mass is 236 g/mol. The summed E-state index contributed by atoms with van der Waals surface area (Å²) < 4.78 is 0. The molecule has 17 heavy (non-hydrogen) atoms. The van der Waals surface area contributed by atoms with Crippen molar-refractivity contribution in [3.63, 3.8) is 0 Å². The first-order valence-electron chi connectivity index (χ1n) is 6.36.